The fraction of sp³-hybridized carbons (Fsp3) is 0.405. The Hall–Kier alpha value is -3.66. The number of thiophene rings is 1. The van der Waals surface area contributed by atoms with Crippen LogP contribution in [0.2, 0.25) is 5.02 Å². The van der Waals surface area contributed by atoms with Gasteiger partial charge in [-0.3, -0.25) is 27.9 Å². The summed E-state index contributed by atoms with van der Waals surface area (Å²) >= 11 is 7.88. The average Bonchev–Trinajstić information content (AvgIpc) is 3.49. The van der Waals surface area contributed by atoms with Crippen LogP contribution in [-0.4, -0.2) is 50.2 Å². The van der Waals surface area contributed by atoms with E-state index in [1.165, 1.54) is 0 Å². The lowest BCUT2D eigenvalue weighted by atomic mass is 9.99. The van der Waals surface area contributed by atoms with Crippen molar-refractivity contribution in [1.82, 2.24) is 14.8 Å². The van der Waals surface area contributed by atoms with Crippen LogP contribution in [0.4, 0.5) is 5.69 Å². The van der Waals surface area contributed by atoms with Gasteiger partial charge in [0.05, 0.1) is 36.0 Å². The SMILES string of the molecule is Cc1sc2c(c1C)C(c1ccc(Cl)cc1)=N[C@@H](CC(=O)Nc1cccc(C#CC(N)COP(=O)(OC(C)(C)C)OC(C)(C)C)c1)c1nnc(C)n1-2. The van der Waals surface area contributed by atoms with E-state index in [0.717, 1.165) is 32.3 Å². The minimum atomic E-state index is -3.93. The van der Waals surface area contributed by atoms with Gasteiger partial charge in [-0.1, -0.05) is 41.6 Å². The fourth-order valence-electron chi connectivity index (χ4n) is 5.33. The second-order valence-electron chi connectivity index (χ2n) is 14.3. The maximum Gasteiger partial charge on any atom is 0.475 e. The van der Waals surface area contributed by atoms with Gasteiger partial charge in [-0.2, -0.15) is 0 Å². The first-order valence-corrected chi connectivity index (χ1v) is 19.2. The first-order chi connectivity index (χ1) is 23.8. The van der Waals surface area contributed by atoms with Gasteiger partial charge in [-0.05, 0) is 98.2 Å². The predicted molar refractivity (Wildman–Crippen MR) is 203 cm³/mol. The van der Waals surface area contributed by atoms with E-state index in [-0.39, 0.29) is 18.9 Å². The number of hydrogen-bond acceptors (Lipinski definition) is 10. The summed E-state index contributed by atoms with van der Waals surface area (Å²) in [5, 5.41) is 13.4. The Morgan fingerprint density at radius 3 is 2.37 bits per heavy atom. The Balaban J connectivity index is 1.33. The molecule has 14 heteroatoms. The summed E-state index contributed by atoms with van der Waals surface area (Å²) < 4.78 is 32.2. The molecule has 0 saturated carbocycles. The maximum absolute atomic E-state index is 13.6. The molecule has 51 heavy (non-hydrogen) atoms. The van der Waals surface area contributed by atoms with Crippen molar-refractivity contribution in [3.63, 3.8) is 0 Å². The second-order valence-corrected chi connectivity index (χ2v) is 17.4. The zero-order valence-electron chi connectivity index (χ0n) is 30.3. The molecule has 0 bridgehead atoms. The fourth-order valence-corrected chi connectivity index (χ4v) is 8.49. The molecule has 3 N–H and O–H groups in total. The highest BCUT2D eigenvalue weighted by molar-refractivity contribution is 7.48. The predicted octanol–water partition coefficient (Wildman–Crippen LogP) is 8.26. The van der Waals surface area contributed by atoms with Crippen LogP contribution in [0.15, 0.2) is 53.5 Å². The van der Waals surface area contributed by atoms with Gasteiger partial charge in [0.1, 0.15) is 16.9 Å². The molecule has 1 amide bonds. The number of rotatable bonds is 9. The summed E-state index contributed by atoms with van der Waals surface area (Å²) in [6, 6.07) is 13.3. The van der Waals surface area contributed by atoms with E-state index in [2.05, 4.69) is 41.2 Å². The topological polar surface area (TPSA) is 143 Å². The third-order valence-corrected chi connectivity index (χ3v) is 10.9. The van der Waals surface area contributed by atoms with E-state index in [1.54, 1.807) is 77.1 Å². The van der Waals surface area contributed by atoms with E-state index in [0.29, 0.717) is 27.9 Å². The lowest BCUT2D eigenvalue weighted by Gasteiger charge is -2.31. The standard InChI is InChI=1S/C37H44ClN6O5PS/c1-22-23(2)51-35-32(22)33(26-14-16-27(38)17-15-26)41-30(34-43-42-24(3)44(34)35)20-31(45)40-29-12-10-11-25(19-29)13-18-28(39)21-47-50(46,48-36(4,5)6)49-37(7,8)9/h10-12,14-17,19,28,30H,20-21,39H2,1-9H3,(H,40,45)/t28?,30-/m0/s1. The molecular weight excluding hydrogens is 707 g/mol. The van der Waals surface area contributed by atoms with E-state index < -0.39 is 31.1 Å². The third kappa shape index (κ3) is 9.82. The normalized spacial score (nSPS) is 15.2. The number of nitrogens with zero attached hydrogens (tertiary/aromatic N) is 4. The maximum atomic E-state index is 13.6. The van der Waals surface area contributed by atoms with Gasteiger partial charge in [0.2, 0.25) is 5.91 Å². The summed E-state index contributed by atoms with van der Waals surface area (Å²) in [7, 11) is -3.93. The summed E-state index contributed by atoms with van der Waals surface area (Å²) in [6.45, 7) is 16.5. The third-order valence-electron chi connectivity index (χ3n) is 7.47. The molecule has 0 aliphatic carbocycles. The monoisotopic (exact) mass is 750 g/mol. The smallest absolute Gasteiger partial charge is 0.326 e. The van der Waals surface area contributed by atoms with Gasteiger partial charge in [-0.15, -0.1) is 21.5 Å². The largest absolute Gasteiger partial charge is 0.475 e. The molecule has 3 heterocycles. The lowest BCUT2D eigenvalue weighted by Crippen LogP contribution is -2.28. The molecule has 0 spiro atoms. The van der Waals surface area contributed by atoms with Gasteiger partial charge in [0.25, 0.3) is 0 Å². The number of fused-ring (bicyclic) bond motifs is 3. The van der Waals surface area contributed by atoms with Crippen LogP contribution < -0.4 is 11.1 Å². The molecule has 0 saturated heterocycles. The number of aromatic nitrogens is 3. The van der Waals surface area contributed by atoms with Crippen molar-refractivity contribution in [3.05, 3.63) is 92.3 Å². The van der Waals surface area contributed by atoms with Crippen molar-refractivity contribution in [2.24, 2.45) is 10.7 Å². The summed E-state index contributed by atoms with van der Waals surface area (Å²) in [5.41, 5.74) is 9.60. The zero-order chi connectivity index (χ0) is 37.3. The first-order valence-electron chi connectivity index (χ1n) is 16.5. The van der Waals surface area contributed by atoms with Crippen LogP contribution in [-0.2, 0) is 22.9 Å². The Labute approximate surface area is 308 Å². The highest BCUT2D eigenvalue weighted by Crippen LogP contribution is 2.55. The second kappa shape index (κ2) is 15.1. The highest BCUT2D eigenvalue weighted by Gasteiger charge is 2.37. The number of nitrogens with one attached hydrogen (secondary N) is 1. The number of phosphoric ester groups is 1. The average molecular weight is 751 g/mol. The number of aliphatic imine (C=N–C) groups is 1. The quantitative estimate of drug-likeness (QED) is 0.129. The summed E-state index contributed by atoms with van der Waals surface area (Å²) in [5.74, 6) is 6.98. The number of carbonyl (C=O) groups excluding carboxylic acids is 1. The number of aryl methyl sites for hydroxylation is 2. The van der Waals surface area contributed by atoms with Gasteiger partial charge in [0, 0.05) is 32.3 Å². The van der Waals surface area contributed by atoms with Crippen LogP contribution in [0.25, 0.3) is 5.00 Å². The van der Waals surface area contributed by atoms with Crippen LogP contribution in [0.1, 0.15) is 92.8 Å². The Morgan fingerprint density at radius 2 is 1.73 bits per heavy atom. The van der Waals surface area contributed by atoms with Gasteiger partial charge >= 0.3 is 7.82 Å². The molecule has 270 valence electrons. The van der Waals surface area contributed by atoms with E-state index in [1.807, 2.05) is 35.8 Å². The van der Waals surface area contributed by atoms with E-state index in [9.17, 15) is 9.36 Å². The van der Waals surface area contributed by atoms with Gasteiger partial charge in [-0.25, -0.2) is 4.57 Å². The molecule has 5 rings (SSSR count). The van der Waals surface area contributed by atoms with Crippen molar-refractivity contribution < 1.29 is 22.9 Å². The highest BCUT2D eigenvalue weighted by atomic mass is 35.5. The number of nitrogens with two attached hydrogens (primary N) is 1. The molecule has 11 nitrogen and oxygen atoms in total. The number of halogens is 1. The van der Waals surface area contributed by atoms with Crippen molar-refractivity contribution in [2.75, 3.05) is 11.9 Å². The Kier molecular flexibility index (Phi) is 11.4. The lowest BCUT2D eigenvalue weighted by molar-refractivity contribution is -0.116. The van der Waals surface area contributed by atoms with Gasteiger partial charge < -0.3 is 11.1 Å². The number of benzene rings is 2. The molecule has 2 aromatic heterocycles. The molecular formula is C37H44ClN6O5PS. The molecule has 2 atom stereocenters. The molecule has 1 aliphatic rings. The van der Waals surface area contributed by atoms with E-state index in [4.69, 9.17) is 35.9 Å². The number of hydrogen-bond donors (Lipinski definition) is 2. The van der Waals surface area contributed by atoms with E-state index >= 15 is 0 Å². The number of phosphoric acid groups is 1. The molecule has 1 aliphatic heterocycles. The van der Waals surface area contributed by atoms with Crippen LogP contribution in [0, 0.1) is 32.6 Å². The van der Waals surface area contributed by atoms with Crippen molar-refractivity contribution in [3.8, 4) is 16.8 Å². The summed E-state index contributed by atoms with van der Waals surface area (Å²) in [4.78, 5) is 20.0. The van der Waals surface area contributed by atoms with Crippen molar-refractivity contribution in [1.29, 1.82) is 0 Å². The zero-order valence-corrected chi connectivity index (χ0v) is 32.8. The molecule has 4 aromatic rings. The number of amides is 1. The Morgan fingerprint density at radius 1 is 1.06 bits per heavy atom. The summed E-state index contributed by atoms with van der Waals surface area (Å²) in [6.07, 6.45) is 0.0215. The minimum Gasteiger partial charge on any atom is -0.326 e. The molecule has 0 radical (unpaired) electrons. The van der Waals surface area contributed by atoms with Crippen LogP contribution >= 0.6 is 30.8 Å². The van der Waals surface area contributed by atoms with Crippen molar-refractivity contribution in [2.45, 2.75) is 92.0 Å². The number of anilines is 1. The molecule has 1 unspecified atom stereocenters. The minimum absolute atomic E-state index is 0.0215. The van der Waals surface area contributed by atoms with Crippen molar-refractivity contribution >= 4 is 48.1 Å². The Bertz CT molecular complexity index is 2050. The van der Waals surface area contributed by atoms with Crippen LogP contribution in [0.5, 0.6) is 0 Å². The number of carbonyl (C=O) groups is 1. The molecule has 0 fully saturated rings. The first kappa shape index (κ1) is 38.6. The van der Waals surface area contributed by atoms with Gasteiger partial charge in [0.15, 0.2) is 5.82 Å². The van der Waals surface area contributed by atoms with Crippen LogP contribution in [0.3, 0.4) is 0 Å². The molecule has 2 aromatic carbocycles.